The van der Waals surface area contributed by atoms with Crippen LogP contribution in [0.25, 0.3) is 0 Å². The Kier molecular flexibility index (Phi) is 4.09. The number of hydrogen-bond donors (Lipinski definition) is 1. The summed E-state index contributed by atoms with van der Waals surface area (Å²) in [6.45, 7) is 6.16. The minimum atomic E-state index is 0.270. The molecule has 2 rings (SSSR count). The fourth-order valence-corrected chi connectivity index (χ4v) is 2.37. The van der Waals surface area contributed by atoms with E-state index < -0.39 is 0 Å². The Morgan fingerprint density at radius 2 is 2.17 bits per heavy atom. The fraction of sp³-hybridized carbons (Fsp3) is 0.571. The smallest absolute Gasteiger partial charge is 0.162 e. The number of rotatable bonds is 3. The topological polar surface area (TPSA) is 35.9 Å². The number of benzene rings is 1. The normalized spacial score (nSPS) is 22.1. The van der Waals surface area contributed by atoms with Gasteiger partial charge in [-0.15, -0.1) is 0 Å². The van der Waals surface area contributed by atoms with Crippen molar-refractivity contribution in [3.05, 3.63) is 23.8 Å². The molecule has 1 aliphatic heterocycles. The summed E-state index contributed by atoms with van der Waals surface area (Å²) in [5, 5.41) is 10.1. The van der Waals surface area contributed by atoms with Crippen molar-refractivity contribution in [1.82, 2.24) is 9.80 Å². The monoisotopic (exact) mass is 250 g/mol. The summed E-state index contributed by atoms with van der Waals surface area (Å²) in [5.74, 6) is 0.821. The van der Waals surface area contributed by atoms with Gasteiger partial charge in [0.05, 0.1) is 7.11 Å². The highest BCUT2D eigenvalue weighted by atomic mass is 16.5. The predicted octanol–water partition coefficient (Wildman–Crippen LogP) is 1.54. The van der Waals surface area contributed by atoms with Gasteiger partial charge in [0.25, 0.3) is 0 Å². The SMILES string of the molecule is COc1cccc(CN2CCN(C)C(C)C2)c1O. The van der Waals surface area contributed by atoms with E-state index in [0.29, 0.717) is 11.8 Å². The van der Waals surface area contributed by atoms with E-state index in [4.69, 9.17) is 4.74 Å². The molecule has 0 amide bonds. The number of ether oxygens (including phenoxy) is 1. The molecule has 0 bridgehead atoms. The summed E-state index contributed by atoms with van der Waals surface area (Å²) < 4.78 is 5.14. The van der Waals surface area contributed by atoms with E-state index in [2.05, 4.69) is 23.8 Å². The number of phenols is 1. The first-order valence-corrected chi connectivity index (χ1v) is 6.39. The highest BCUT2D eigenvalue weighted by molar-refractivity contribution is 5.45. The third-order valence-electron chi connectivity index (χ3n) is 3.74. The van der Waals surface area contributed by atoms with Crippen molar-refractivity contribution < 1.29 is 9.84 Å². The number of piperazine rings is 1. The lowest BCUT2D eigenvalue weighted by atomic mass is 10.1. The van der Waals surface area contributed by atoms with E-state index in [-0.39, 0.29) is 5.75 Å². The quantitative estimate of drug-likeness (QED) is 0.882. The lowest BCUT2D eigenvalue weighted by molar-refractivity contribution is 0.0993. The Bertz CT molecular complexity index is 409. The van der Waals surface area contributed by atoms with Crippen LogP contribution >= 0.6 is 0 Å². The highest BCUT2D eigenvalue weighted by Crippen LogP contribution is 2.30. The maximum absolute atomic E-state index is 10.1. The lowest BCUT2D eigenvalue weighted by Gasteiger charge is -2.37. The van der Waals surface area contributed by atoms with E-state index in [1.807, 2.05) is 12.1 Å². The van der Waals surface area contributed by atoms with Crippen molar-refractivity contribution >= 4 is 0 Å². The van der Waals surface area contributed by atoms with Crippen LogP contribution in [0.1, 0.15) is 12.5 Å². The summed E-state index contributed by atoms with van der Waals surface area (Å²) in [6, 6.07) is 6.23. The first-order valence-electron chi connectivity index (χ1n) is 6.39. The third kappa shape index (κ3) is 2.76. The predicted molar refractivity (Wildman–Crippen MR) is 72.0 cm³/mol. The van der Waals surface area contributed by atoms with Crippen molar-refractivity contribution in [3.8, 4) is 11.5 Å². The van der Waals surface area contributed by atoms with Gasteiger partial charge in [-0.2, -0.15) is 0 Å². The molecule has 4 nitrogen and oxygen atoms in total. The average molecular weight is 250 g/mol. The maximum atomic E-state index is 10.1. The standard InChI is InChI=1S/C14H22N2O2/c1-11-9-16(8-7-15(11)2)10-12-5-4-6-13(18-3)14(12)17/h4-6,11,17H,7-10H2,1-3H3. The van der Waals surface area contributed by atoms with Gasteiger partial charge in [0, 0.05) is 37.8 Å². The molecule has 1 atom stereocenters. The van der Waals surface area contributed by atoms with Gasteiger partial charge >= 0.3 is 0 Å². The van der Waals surface area contributed by atoms with Crippen LogP contribution in [0.2, 0.25) is 0 Å². The number of nitrogens with zero attached hydrogens (tertiary/aromatic N) is 2. The second kappa shape index (κ2) is 5.59. The largest absolute Gasteiger partial charge is 0.504 e. The number of aromatic hydroxyl groups is 1. The summed E-state index contributed by atoms with van der Waals surface area (Å²) in [5.41, 5.74) is 0.936. The summed E-state index contributed by atoms with van der Waals surface area (Å²) in [7, 11) is 3.74. The maximum Gasteiger partial charge on any atom is 0.162 e. The zero-order valence-electron chi connectivity index (χ0n) is 11.4. The van der Waals surface area contributed by atoms with Crippen LogP contribution in [-0.4, -0.2) is 54.7 Å². The van der Waals surface area contributed by atoms with Crippen LogP contribution in [0.15, 0.2) is 18.2 Å². The van der Waals surface area contributed by atoms with Crippen LogP contribution in [0.4, 0.5) is 0 Å². The lowest BCUT2D eigenvalue weighted by Crippen LogP contribution is -2.49. The second-order valence-electron chi connectivity index (χ2n) is 5.03. The average Bonchev–Trinajstić information content (AvgIpc) is 2.36. The molecule has 0 spiro atoms. The van der Waals surface area contributed by atoms with Gasteiger partial charge in [-0.05, 0) is 20.0 Å². The van der Waals surface area contributed by atoms with Gasteiger partial charge in [0.2, 0.25) is 0 Å². The first-order chi connectivity index (χ1) is 8.61. The Morgan fingerprint density at radius 3 is 2.83 bits per heavy atom. The molecule has 18 heavy (non-hydrogen) atoms. The van der Waals surface area contributed by atoms with Gasteiger partial charge in [-0.25, -0.2) is 0 Å². The minimum absolute atomic E-state index is 0.270. The van der Waals surface area contributed by atoms with Crippen LogP contribution < -0.4 is 4.74 Å². The molecule has 1 heterocycles. The third-order valence-corrected chi connectivity index (χ3v) is 3.74. The molecule has 1 N–H and O–H groups in total. The van der Waals surface area contributed by atoms with Gasteiger partial charge < -0.3 is 14.7 Å². The molecule has 1 unspecified atom stereocenters. The van der Waals surface area contributed by atoms with Crippen molar-refractivity contribution in [1.29, 1.82) is 0 Å². The Balaban J connectivity index is 2.06. The van der Waals surface area contributed by atoms with Crippen LogP contribution in [0.3, 0.4) is 0 Å². The van der Waals surface area contributed by atoms with E-state index in [1.54, 1.807) is 13.2 Å². The fourth-order valence-electron chi connectivity index (χ4n) is 2.37. The zero-order chi connectivity index (χ0) is 13.1. The van der Waals surface area contributed by atoms with Gasteiger partial charge in [0.1, 0.15) is 0 Å². The molecular weight excluding hydrogens is 228 g/mol. The molecule has 100 valence electrons. The number of hydrogen-bond acceptors (Lipinski definition) is 4. The van der Waals surface area contributed by atoms with Gasteiger partial charge in [-0.3, -0.25) is 4.90 Å². The summed E-state index contributed by atoms with van der Waals surface area (Å²) in [6.07, 6.45) is 0. The van der Waals surface area contributed by atoms with Crippen molar-refractivity contribution in [2.45, 2.75) is 19.5 Å². The van der Waals surface area contributed by atoms with E-state index in [0.717, 1.165) is 31.7 Å². The minimum Gasteiger partial charge on any atom is -0.504 e. The van der Waals surface area contributed by atoms with E-state index in [9.17, 15) is 5.11 Å². The number of para-hydroxylation sites is 1. The van der Waals surface area contributed by atoms with Gasteiger partial charge in [-0.1, -0.05) is 12.1 Å². The molecule has 1 saturated heterocycles. The van der Waals surface area contributed by atoms with Crippen LogP contribution in [0.5, 0.6) is 11.5 Å². The van der Waals surface area contributed by atoms with Gasteiger partial charge in [0.15, 0.2) is 11.5 Å². The van der Waals surface area contributed by atoms with Crippen molar-refractivity contribution in [2.24, 2.45) is 0 Å². The molecule has 1 aromatic carbocycles. The van der Waals surface area contributed by atoms with E-state index >= 15 is 0 Å². The van der Waals surface area contributed by atoms with Crippen molar-refractivity contribution in [2.75, 3.05) is 33.8 Å². The summed E-state index contributed by atoms with van der Waals surface area (Å²) in [4.78, 5) is 4.74. The Labute approximate surface area is 109 Å². The molecule has 0 saturated carbocycles. The first kappa shape index (κ1) is 13.2. The van der Waals surface area contributed by atoms with Crippen molar-refractivity contribution in [3.63, 3.8) is 0 Å². The zero-order valence-corrected chi connectivity index (χ0v) is 11.4. The number of phenolic OH excluding ortho intramolecular Hbond substituents is 1. The highest BCUT2D eigenvalue weighted by Gasteiger charge is 2.21. The Morgan fingerprint density at radius 1 is 1.39 bits per heavy atom. The molecular formula is C14H22N2O2. The van der Waals surface area contributed by atoms with Crippen LogP contribution in [-0.2, 0) is 6.54 Å². The van der Waals surface area contributed by atoms with E-state index in [1.165, 1.54) is 0 Å². The Hall–Kier alpha value is -1.26. The summed E-state index contributed by atoms with van der Waals surface area (Å²) >= 11 is 0. The molecule has 1 aliphatic rings. The second-order valence-corrected chi connectivity index (χ2v) is 5.03. The molecule has 0 aromatic heterocycles. The molecule has 1 aromatic rings. The number of methoxy groups -OCH3 is 1. The van der Waals surface area contributed by atoms with Crippen LogP contribution in [0, 0.1) is 0 Å². The molecule has 1 fully saturated rings. The molecule has 0 radical (unpaired) electrons. The number of likely N-dealkylation sites (N-methyl/N-ethyl adjacent to an activating group) is 1. The molecule has 0 aliphatic carbocycles. The molecule has 4 heteroatoms.